The van der Waals surface area contributed by atoms with Crippen molar-refractivity contribution < 1.29 is 14.3 Å². The van der Waals surface area contributed by atoms with Crippen molar-refractivity contribution in [3.63, 3.8) is 0 Å². The van der Waals surface area contributed by atoms with Crippen LogP contribution in [0.5, 0.6) is 11.5 Å². The summed E-state index contributed by atoms with van der Waals surface area (Å²) in [7, 11) is 0. The molecule has 2 aromatic carbocycles. The predicted octanol–water partition coefficient (Wildman–Crippen LogP) is 5.18. The monoisotopic (exact) mass is 454 g/mol. The lowest BCUT2D eigenvalue weighted by molar-refractivity contribution is -0.113. The van der Waals surface area contributed by atoms with Crippen LogP contribution in [0.4, 0.5) is 5.69 Å². The first-order valence-corrected chi connectivity index (χ1v) is 11.7. The summed E-state index contributed by atoms with van der Waals surface area (Å²) in [6.45, 7) is 11.2. The first kappa shape index (κ1) is 23.7. The SMILES string of the molecule is CCOc1ccccc1NC(=O)CSc1nnc(C(C)Oc2cccc(C)c2C)n1CC. The third-order valence-corrected chi connectivity index (χ3v) is 6.04. The molecular weight excluding hydrogens is 424 g/mol. The Labute approximate surface area is 193 Å². The number of benzene rings is 2. The fourth-order valence-electron chi connectivity index (χ4n) is 3.27. The van der Waals surface area contributed by atoms with Crippen LogP contribution in [0.2, 0.25) is 0 Å². The van der Waals surface area contributed by atoms with Crippen LogP contribution in [0.3, 0.4) is 0 Å². The molecule has 0 aliphatic carbocycles. The van der Waals surface area contributed by atoms with E-state index in [1.54, 1.807) is 0 Å². The van der Waals surface area contributed by atoms with Crippen molar-refractivity contribution in [3.8, 4) is 11.5 Å². The van der Waals surface area contributed by atoms with Crippen LogP contribution >= 0.6 is 11.8 Å². The Morgan fingerprint density at radius 2 is 1.84 bits per heavy atom. The van der Waals surface area contributed by atoms with Crippen molar-refractivity contribution >= 4 is 23.4 Å². The minimum Gasteiger partial charge on any atom is -0.492 e. The van der Waals surface area contributed by atoms with Crippen LogP contribution < -0.4 is 14.8 Å². The Morgan fingerprint density at radius 1 is 1.09 bits per heavy atom. The summed E-state index contributed by atoms with van der Waals surface area (Å²) < 4.78 is 13.7. The lowest BCUT2D eigenvalue weighted by atomic mass is 10.1. The van der Waals surface area contributed by atoms with E-state index in [0.29, 0.717) is 29.7 Å². The molecule has 1 amide bonds. The number of hydrogen-bond acceptors (Lipinski definition) is 6. The number of ether oxygens (including phenoxy) is 2. The topological polar surface area (TPSA) is 78.3 Å². The summed E-state index contributed by atoms with van der Waals surface area (Å²) in [5.41, 5.74) is 2.95. The number of anilines is 1. The maximum atomic E-state index is 12.5. The summed E-state index contributed by atoms with van der Waals surface area (Å²) in [6, 6.07) is 13.4. The highest BCUT2D eigenvalue weighted by atomic mass is 32.2. The van der Waals surface area contributed by atoms with E-state index in [9.17, 15) is 4.79 Å². The minimum absolute atomic E-state index is 0.131. The number of aromatic nitrogens is 3. The van der Waals surface area contributed by atoms with E-state index in [1.807, 2.05) is 68.7 Å². The zero-order valence-corrected chi connectivity index (χ0v) is 20.0. The molecule has 1 aromatic heterocycles. The second-order valence-electron chi connectivity index (χ2n) is 7.31. The van der Waals surface area contributed by atoms with Crippen LogP contribution in [0.15, 0.2) is 47.6 Å². The van der Waals surface area contributed by atoms with Gasteiger partial charge in [-0.3, -0.25) is 4.79 Å². The molecular formula is C24H30N4O3S. The number of para-hydroxylation sites is 2. The van der Waals surface area contributed by atoms with Gasteiger partial charge in [0.25, 0.3) is 0 Å². The van der Waals surface area contributed by atoms with Crippen LogP contribution in [0, 0.1) is 13.8 Å². The van der Waals surface area contributed by atoms with Gasteiger partial charge in [0.2, 0.25) is 5.91 Å². The standard InChI is InChI=1S/C24H30N4O3S/c1-6-28-23(18(5)31-20-14-10-11-16(3)17(20)4)26-27-24(28)32-15-22(29)25-19-12-8-9-13-21(19)30-7-2/h8-14,18H,6-7,15H2,1-5H3,(H,25,29). The first-order valence-electron chi connectivity index (χ1n) is 10.7. The van der Waals surface area contributed by atoms with Crippen LogP contribution in [0.25, 0.3) is 0 Å². The highest BCUT2D eigenvalue weighted by molar-refractivity contribution is 7.99. The molecule has 7 nitrogen and oxygen atoms in total. The summed E-state index contributed by atoms with van der Waals surface area (Å²) in [4.78, 5) is 12.5. The van der Waals surface area contributed by atoms with E-state index < -0.39 is 0 Å². The summed E-state index contributed by atoms with van der Waals surface area (Å²) in [5, 5.41) is 12.3. The maximum Gasteiger partial charge on any atom is 0.234 e. The number of thioether (sulfide) groups is 1. The molecule has 0 saturated carbocycles. The van der Waals surface area contributed by atoms with E-state index >= 15 is 0 Å². The van der Waals surface area contributed by atoms with Crippen LogP contribution in [-0.2, 0) is 11.3 Å². The van der Waals surface area contributed by atoms with Gasteiger partial charge < -0.3 is 19.4 Å². The normalized spacial score (nSPS) is 11.8. The molecule has 0 saturated heterocycles. The predicted molar refractivity (Wildman–Crippen MR) is 128 cm³/mol. The molecule has 1 unspecified atom stereocenters. The van der Waals surface area contributed by atoms with E-state index in [2.05, 4.69) is 28.5 Å². The third-order valence-electron chi connectivity index (χ3n) is 5.08. The molecule has 170 valence electrons. The molecule has 1 N–H and O–H groups in total. The molecule has 3 rings (SSSR count). The average molecular weight is 455 g/mol. The number of carbonyl (C=O) groups excluding carboxylic acids is 1. The van der Waals surface area contributed by atoms with Gasteiger partial charge >= 0.3 is 0 Å². The number of carbonyl (C=O) groups is 1. The van der Waals surface area contributed by atoms with Gasteiger partial charge in [-0.2, -0.15) is 0 Å². The van der Waals surface area contributed by atoms with Gasteiger partial charge in [0.15, 0.2) is 17.1 Å². The number of aryl methyl sites for hydroxylation is 1. The maximum absolute atomic E-state index is 12.5. The van der Waals surface area contributed by atoms with Crippen molar-refractivity contribution in [1.82, 2.24) is 14.8 Å². The summed E-state index contributed by atoms with van der Waals surface area (Å²) in [6.07, 6.45) is -0.274. The van der Waals surface area contributed by atoms with Gasteiger partial charge in [0, 0.05) is 6.54 Å². The molecule has 1 atom stereocenters. The lowest BCUT2D eigenvalue weighted by Gasteiger charge is -2.17. The highest BCUT2D eigenvalue weighted by Gasteiger charge is 2.20. The quantitative estimate of drug-likeness (QED) is 0.425. The molecule has 0 radical (unpaired) electrons. The number of amides is 1. The fraction of sp³-hybridized carbons (Fsp3) is 0.375. The van der Waals surface area contributed by atoms with Gasteiger partial charge in [-0.25, -0.2) is 0 Å². The minimum atomic E-state index is -0.274. The molecule has 1 heterocycles. The van der Waals surface area contributed by atoms with Gasteiger partial charge in [-0.05, 0) is 63.9 Å². The van der Waals surface area contributed by atoms with Crippen molar-refractivity contribution in [1.29, 1.82) is 0 Å². The van der Waals surface area contributed by atoms with E-state index in [-0.39, 0.29) is 17.8 Å². The average Bonchev–Trinajstić information content (AvgIpc) is 3.20. The van der Waals surface area contributed by atoms with Crippen molar-refractivity contribution in [2.45, 2.75) is 52.4 Å². The third kappa shape index (κ3) is 5.62. The zero-order chi connectivity index (χ0) is 23.1. The molecule has 3 aromatic rings. The zero-order valence-electron chi connectivity index (χ0n) is 19.2. The second kappa shape index (κ2) is 11.0. The highest BCUT2D eigenvalue weighted by Crippen LogP contribution is 2.28. The Morgan fingerprint density at radius 3 is 2.59 bits per heavy atom. The number of hydrogen-bond donors (Lipinski definition) is 1. The fourth-order valence-corrected chi connectivity index (χ4v) is 4.08. The van der Waals surface area contributed by atoms with Crippen molar-refractivity contribution in [2.24, 2.45) is 0 Å². The molecule has 0 fully saturated rings. The van der Waals surface area contributed by atoms with Crippen molar-refractivity contribution in [2.75, 3.05) is 17.7 Å². The number of rotatable bonds is 10. The van der Waals surface area contributed by atoms with Gasteiger partial charge in [0.05, 0.1) is 18.0 Å². The molecule has 0 bridgehead atoms. The Bertz CT molecular complexity index is 1070. The van der Waals surface area contributed by atoms with Crippen LogP contribution in [0.1, 0.15) is 43.8 Å². The second-order valence-corrected chi connectivity index (χ2v) is 8.25. The van der Waals surface area contributed by atoms with Gasteiger partial charge in [-0.15, -0.1) is 10.2 Å². The molecule has 0 aliphatic heterocycles. The molecule has 0 aliphatic rings. The Hall–Kier alpha value is -3.00. The van der Waals surface area contributed by atoms with Crippen molar-refractivity contribution in [3.05, 3.63) is 59.4 Å². The van der Waals surface area contributed by atoms with E-state index in [0.717, 1.165) is 17.1 Å². The smallest absolute Gasteiger partial charge is 0.234 e. The van der Waals surface area contributed by atoms with Gasteiger partial charge in [-0.1, -0.05) is 36.0 Å². The largest absolute Gasteiger partial charge is 0.492 e. The van der Waals surface area contributed by atoms with E-state index in [1.165, 1.54) is 17.3 Å². The number of nitrogens with one attached hydrogen (secondary N) is 1. The summed E-state index contributed by atoms with van der Waals surface area (Å²) in [5.74, 6) is 2.31. The Kier molecular flexibility index (Phi) is 8.16. The number of nitrogens with zero attached hydrogens (tertiary/aromatic N) is 3. The Balaban J connectivity index is 1.66. The molecule has 32 heavy (non-hydrogen) atoms. The molecule has 8 heteroatoms. The van der Waals surface area contributed by atoms with E-state index in [4.69, 9.17) is 9.47 Å². The van der Waals surface area contributed by atoms with Gasteiger partial charge in [0.1, 0.15) is 11.5 Å². The van der Waals surface area contributed by atoms with Crippen LogP contribution in [-0.4, -0.2) is 33.0 Å². The summed E-state index contributed by atoms with van der Waals surface area (Å²) >= 11 is 1.35. The molecule has 0 spiro atoms. The lowest BCUT2D eigenvalue weighted by Crippen LogP contribution is -2.16. The first-order chi connectivity index (χ1) is 15.4.